The number of carbonyl (C=O) groups is 1. The van der Waals surface area contributed by atoms with E-state index in [4.69, 9.17) is 16.3 Å². The summed E-state index contributed by atoms with van der Waals surface area (Å²) < 4.78 is 31.4. The van der Waals surface area contributed by atoms with E-state index in [1.807, 2.05) is 13.8 Å². The summed E-state index contributed by atoms with van der Waals surface area (Å²) in [5.74, 6) is -0.0674. The highest BCUT2D eigenvalue weighted by molar-refractivity contribution is 7.92. The molecule has 0 saturated heterocycles. The summed E-state index contributed by atoms with van der Waals surface area (Å²) in [5, 5.41) is 2.95. The van der Waals surface area contributed by atoms with Gasteiger partial charge in [-0.05, 0) is 50.6 Å². The number of ether oxygens (including phenoxy) is 1. The van der Waals surface area contributed by atoms with Gasteiger partial charge in [0, 0.05) is 17.6 Å². The van der Waals surface area contributed by atoms with E-state index in [2.05, 4.69) is 15.0 Å². The highest BCUT2D eigenvalue weighted by Gasteiger charge is 2.13. The third-order valence-corrected chi connectivity index (χ3v) is 5.07. The van der Waals surface area contributed by atoms with Crippen LogP contribution in [0.25, 0.3) is 0 Å². The van der Waals surface area contributed by atoms with E-state index in [9.17, 15) is 13.2 Å². The van der Waals surface area contributed by atoms with Gasteiger partial charge in [-0.15, -0.1) is 0 Å². The minimum absolute atomic E-state index is 0.0514. The van der Waals surface area contributed by atoms with Crippen molar-refractivity contribution in [2.45, 2.75) is 33.3 Å². The maximum absolute atomic E-state index is 12.3. The Morgan fingerprint density at radius 1 is 1.22 bits per heavy atom. The van der Waals surface area contributed by atoms with Gasteiger partial charge < -0.3 is 10.1 Å². The Morgan fingerprint density at radius 3 is 2.41 bits per heavy atom. The number of anilines is 2. The van der Waals surface area contributed by atoms with Crippen molar-refractivity contribution in [3.05, 3.63) is 47.1 Å². The second-order valence-corrected chi connectivity index (χ2v) is 8.38. The summed E-state index contributed by atoms with van der Waals surface area (Å²) in [6.07, 6.45) is 1.83. The van der Waals surface area contributed by atoms with Gasteiger partial charge in [0.05, 0.1) is 17.4 Å². The van der Waals surface area contributed by atoms with Crippen molar-refractivity contribution in [2.75, 3.05) is 15.8 Å². The van der Waals surface area contributed by atoms with Crippen molar-refractivity contribution in [2.24, 2.45) is 0 Å². The Kier molecular flexibility index (Phi) is 7.04. The lowest BCUT2D eigenvalue weighted by Crippen LogP contribution is -2.16. The molecular formula is C18H22ClN3O4S. The summed E-state index contributed by atoms with van der Waals surface area (Å²) in [6.45, 7) is 5.50. The number of aromatic nitrogens is 1. The van der Waals surface area contributed by atoms with Crippen LogP contribution in [0.4, 0.5) is 11.4 Å². The van der Waals surface area contributed by atoms with Crippen LogP contribution in [0.2, 0.25) is 5.02 Å². The molecule has 146 valence electrons. The number of nitrogens with zero attached hydrogens (tertiary/aromatic N) is 1. The molecule has 0 aliphatic heterocycles. The van der Waals surface area contributed by atoms with Gasteiger partial charge in [-0.3, -0.25) is 9.52 Å². The average molecular weight is 412 g/mol. The first-order valence-electron chi connectivity index (χ1n) is 8.44. The van der Waals surface area contributed by atoms with Crippen LogP contribution in [0.3, 0.4) is 0 Å². The molecule has 0 aliphatic carbocycles. The van der Waals surface area contributed by atoms with E-state index >= 15 is 0 Å². The molecule has 2 rings (SSSR count). The van der Waals surface area contributed by atoms with E-state index < -0.39 is 10.0 Å². The summed E-state index contributed by atoms with van der Waals surface area (Å²) in [5.41, 5.74) is 1.22. The maximum Gasteiger partial charge on any atom is 0.257 e. The fourth-order valence-electron chi connectivity index (χ4n) is 2.18. The molecule has 0 radical (unpaired) electrons. The molecule has 1 aromatic carbocycles. The number of sulfonamides is 1. The van der Waals surface area contributed by atoms with Crippen molar-refractivity contribution in [1.82, 2.24) is 4.98 Å². The van der Waals surface area contributed by atoms with Crippen molar-refractivity contribution in [1.29, 1.82) is 0 Å². The van der Waals surface area contributed by atoms with Crippen LogP contribution in [0.15, 0.2) is 36.5 Å². The number of halogens is 1. The van der Waals surface area contributed by atoms with Crippen LogP contribution >= 0.6 is 11.6 Å². The Hall–Kier alpha value is -2.32. The van der Waals surface area contributed by atoms with Gasteiger partial charge in [0.1, 0.15) is 5.02 Å². The molecule has 0 fully saturated rings. The quantitative estimate of drug-likeness (QED) is 0.685. The Morgan fingerprint density at radius 2 is 1.85 bits per heavy atom. The zero-order valence-electron chi connectivity index (χ0n) is 15.3. The number of hydrogen-bond acceptors (Lipinski definition) is 5. The number of amides is 1. The molecule has 0 atom stereocenters. The fourth-order valence-corrected chi connectivity index (χ4v) is 3.53. The summed E-state index contributed by atoms with van der Waals surface area (Å²) in [4.78, 5) is 16.4. The molecule has 27 heavy (non-hydrogen) atoms. The molecule has 2 N–H and O–H groups in total. The van der Waals surface area contributed by atoms with E-state index in [1.165, 1.54) is 12.3 Å². The third-order valence-electron chi connectivity index (χ3n) is 3.31. The predicted octanol–water partition coefficient (Wildman–Crippen LogP) is 3.93. The van der Waals surface area contributed by atoms with Crippen molar-refractivity contribution in [3.8, 4) is 5.88 Å². The zero-order valence-corrected chi connectivity index (χ0v) is 16.9. The van der Waals surface area contributed by atoms with Crippen LogP contribution < -0.4 is 14.8 Å². The molecular weight excluding hydrogens is 390 g/mol. The Labute approximate surface area is 164 Å². The standard InChI is InChI=1S/C18H22ClN3O4S/c1-4-9-27(24,25)22-15-7-5-14(6-8-15)21-17(23)13-10-16(19)18(20-11-13)26-12(2)3/h5-8,10-12,22H,4,9H2,1-3H3,(H,21,23). The topological polar surface area (TPSA) is 97.4 Å². The molecule has 7 nitrogen and oxygen atoms in total. The molecule has 0 spiro atoms. The minimum Gasteiger partial charge on any atom is -0.474 e. The largest absolute Gasteiger partial charge is 0.474 e. The number of hydrogen-bond donors (Lipinski definition) is 2. The molecule has 1 amide bonds. The lowest BCUT2D eigenvalue weighted by atomic mass is 10.2. The maximum atomic E-state index is 12.3. The van der Waals surface area contributed by atoms with Crippen LogP contribution in [0, 0.1) is 0 Å². The molecule has 1 aromatic heterocycles. The highest BCUT2D eigenvalue weighted by Crippen LogP contribution is 2.24. The van der Waals surface area contributed by atoms with Crippen LogP contribution in [0.1, 0.15) is 37.6 Å². The van der Waals surface area contributed by atoms with E-state index in [1.54, 1.807) is 31.2 Å². The second kappa shape index (κ2) is 9.05. The van der Waals surface area contributed by atoms with Crippen molar-refractivity contribution in [3.63, 3.8) is 0 Å². The Bertz CT molecular complexity index is 899. The van der Waals surface area contributed by atoms with Gasteiger partial charge >= 0.3 is 0 Å². The van der Waals surface area contributed by atoms with Gasteiger partial charge in [0.25, 0.3) is 5.91 Å². The third kappa shape index (κ3) is 6.41. The molecule has 0 aliphatic rings. The van der Waals surface area contributed by atoms with Gasteiger partial charge in [-0.2, -0.15) is 0 Å². The first kappa shape index (κ1) is 21.0. The minimum atomic E-state index is -3.35. The molecule has 9 heteroatoms. The van der Waals surface area contributed by atoms with Gasteiger partial charge in [0.15, 0.2) is 0 Å². The van der Waals surface area contributed by atoms with Crippen molar-refractivity contribution >= 4 is 38.9 Å². The SMILES string of the molecule is CCCS(=O)(=O)Nc1ccc(NC(=O)c2cnc(OC(C)C)c(Cl)c2)cc1. The summed E-state index contributed by atoms with van der Waals surface area (Å²) in [6, 6.07) is 7.84. The first-order valence-corrected chi connectivity index (χ1v) is 10.5. The molecule has 2 aromatic rings. The fraction of sp³-hybridized carbons (Fsp3) is 0.333. The number of carbonyl (C=O) groups excluding carboxylic acids is 1. The van der Waals surface area contributed by atoms with Gasteiger partial charge in [-0.25, -0.2) is 13.4 Å². The van der Waals surface area contributed by atoms with E-state index in [-0.39, 0.29) is 34.2 Å². The summed E-state index contributed by atoms with van der Waals surface area (Å²) in [7, 11) is -3.35. The Balaban J connectivity index is 2.04. The predicted molar refractivity (Wildman–Crippen MR) is 107 cm³/mol. The lowest BCUT2D eigenvalue weighted by Gasteiger charge is -2.11. The number of rotatable bonds is 8. The molecule has 1 heterocycles. The molecule has 0 unspecified atom stereocenters. The highest BCUT2D eigenvalue weighted by atomic mass is 35.5. The average Bonchev–Trinajstić information content (AvgIpc) is 2.57. The van der Waals surface area contributed by atoms with E-state index in [0.29, 0.717) is 17.8 Å². The zero-order chi connectivity index (χ0) is 20.0. The first-order chi connectivity index (χ1) is 12.7. The lowest BCUT2D eigenvalue weighted by molar-refractivity contribution is 0.102. The van der Waals surface area contributed by atoms with E-state index in [0.717, 1.165) is 0 Å². The number of benzene rings is 1. The van der Waals surface area contributed by atoms with Crippen LogP contribution in [-0.4, -0.2) is 31.2 Å². The normalized spacial score (nSPS) is 11.3. The second-order valence-electron chi connectivity index (χ2n) is 6.13. The van der Waals surface area contributed by atoms with Crippen LogP contribution in [0.5, 0.6) is 5.88 Å². The summed E-state index contributed by atoms with van der Waals surface area (Å²) >= 11 is 6.10. The number of nitrogens with one attached hydrogen (secondary N) is 2. The van der Waals surface area contributed by atoms with Gasteiger partial charge in [0.2, 0.25) is 15.9 Å². The molecule has 0 saturated carbocycles. The monoisotopic (exact) mass is 411 g/mol. The van der Waals surface area contributed by atoms with Gasteiger partial charge in [-0.1, -0.05) is 18.5 Å². The van der Waals surface area contributed by atoms with Crippen molar-refractivity contribution < 1.29 is 17.9 Å². The number of pyridine rings is 1. The molecule has 0 bridgehead atoms. The smallest absolute Gasteiger partial charge is 0.257 e. The van der Waals surface area contributed by atoms with Crippen LogP contribution in [-0.2, 0) is 10.0 Å².